The fraction of sp³-hybridized carbons (Fsp3) is 0.948. The summed E-state index contributed by atoms with van der Waals surface area (Å²) in [6, 6.07) is 0. The maximum atomic E-state index is 13.1. The van der Waals surface area contributed by atoms with Gasteiger partial charge in [-0.1, -0.05) is 350 Å². The molecule has 0 aromatic carbocycles. The van der Waals surface area contributed by atoms with Gasteiger partial charge in [0, 0.05) is 25.7 Å². The minimum absolute atomic E-state index is 0.107. The number of rotatable bonds is 76. The van der Waals surface area contributed by atoms with Crippen LogP contribution in [-0.2, 0) is 65.4 Å². The molecule has 0 fully saturated rings. The van der Waals surface area contributed by atoms with Crippen molar-refractivity contribution in [2.45, 2.75) is 419 Å². The summed E-state index contributed by atoms with van der Waals surface area (Å²) in [5.74, 6) is -0.563. The van der Waals surface area contributed by atoms with Gasteiger partial charge in [0.2, 0.25) is 0 Å². The zero-order chi connectivity index (χ0) is 70.7. The van der Waals surface area contributed by atoms with Gasteiger partial charge in [-0.15, -0.1) is 0 Å². The van der Waals surface area contributed by atoms with Crippen molar-refractivity contribution in [3.8, 4) is 0 Å². The van der Waals surface area contributed by atoms with Gasteiger partial charge in [0.1, 0.15) is 19.3 Å². The molecule has 0 aliphatic heterocycles. The molecule has 0 aromatic heterocycles. The fourth-order valence-corrected chi connectivity index (χ4v) is 13.4. The molecule has 3 N–H and O–H groups in total. The summed E-state index contributed by atoms with van der Waals surface area (Å²) in [7, 11) is -9.91. The molecule has 96 heavy (non-hydrogen) atoms. The fourth-order valence-electron chi connectivity index (χ4n) is 11.8. The summed E-state index contributed by atoms with van der Waals surface area (Å²) in [6.45, 7) is 9.63. The molecule has 0 bridgehead atoms. The van der Waals surface area contributed by atoms with Gasteiger partial charge in [0.25, 0.3) is 0 Å². The third-order valence-corrected chi connectivity index (χ3v) is 19.9. The van der Waals surface area contributed by atoms with Crippen molar-refractivity contribution in [2.24, 2.45) is 11.8 Å². The van der Waals surface area contributed by atoms with Crippen LogP contribution in [0.5, 0.6) is 0 Å². The monoisotopic (exact) mass is 1410 g/mol. The molecule has 0 saturated heterocycles. The third kappa shape index (κ3) is 70.5. The molecule has 17 nitrogen and oxygen atoms in total. The van der Waals surface area contributed by atoms with Crippen LogP contribution < -0.4 is 0 Å². The molecule has 0 saturated carbocycles. The van der Waals surface area contributed by atoms with E-state index < -0.39 is 97.5 Å². The van der Waals surface area contributed by atoms with E-state index in [4.69, 9.17) is 37.0 Å². The highest BCUT2D eigenvalue weighted by atomic mass is 31.2. The average Bonchev–Trinajstić information content (AvgIpc) is 2.33. The van der Waals surface area contributed by atoms with Crippen LogP contribution in [0.3, 0.4) is 0 Å². The summed E-state index contributed by atoms with van der Waals surface area (Å²) in [5, 5.41) is 10.6. The number of unbranched alkanes of at least 4 members (excludes halogenated alkanes) is 46. The van der Waals surface area contributed by atoms with Gasteiger partial charge in [-0.2, -0.15) is 0 Å². The number of phosphoric ester groups is 2. The van der Waals surface area contributed by atoms with Gasteiger partial charge in [0.15, 0.2) is 12.2 Å². The predicted octanol–water partition coefficient (Wildman–Crippen LogP) is 22.7. The van der Waals surface area contributed by atoms with E-state index in [9.17, 15) is 43.2 Å². The smallest absolute Gasteiger partial charge is 0.462 e. The molecule has 0 aliphatic rings. The Kier molecular flexibility index (Phi) is 67.4. The van der Waals surface area contributed by atoms with Crippen molar-refractivity contribution in [1.29, 1.82) is 0 Å². The van der Waals surface area contributed by atoms with Crippen molar-refractivity contribution < 1.29 is 80.2 Å². The largest absolute Gasteiger partial charge is 0.472 e. The normalized spacial score (nSPS) is 14.0. The lowest BCUT2D eigenvalue weighted by Crippen LogP contribution is -2.30. The summed E-state index contributed by atoms with van der Waals surface area (Å²) in [6.07, 6.45) is 56.6. The van der Waals surface area contributed by atoms with Gasteiger partial charge in [-0.25, -0.2) is 9.13 Å². The molecule has 19 heteroatoms. The minimum atomic E-state index is -4.96. The quantitative estimate of drug-likeness (QED) is 0.0222. The highest BCUT2D eigenvalue weighted by Gasteiger charge is 2.30. The number of ether oxygens (including phenoxy) is 4. The van der Waals surface area contributed by atoms with E-state index in [-0.39, 0.29) is 25.7 Å². The Bertz CT molecular complexity index is 1860. The van der Waals surface area contributed by atoms with E-state index in [0.29, 0.717) is 25.7 Å². The van der Waals surface area contributed by atoms with E-state index in [1.807, 2.05) is 0 Å². The maximum Gasteiger partial charge on any atom is 0.472 e. The summed E-state index contributed by atoms with van der Waals surface area (Å²) < 4.78 is 68.6. The molecule has 0 aliphatic carbocycles. The highest BCUT2D eigenvalue weighted by Crippen LogP contribution is 2.45. The van der Waals surface area contributed by atoms with Crippen LogP contribution in [0, 0.1) is 11.8 Å². The first kappa shape index (κ1) is 94.1. The van der Waals surface area contributed by atoms with Crippen LogP contribution in [0.4, 0.5) is 0 Å². The van der Waals surface area contributed by atoms with E-state index in [1.54, 1.807) is 0 Å². The SMILES string of the molecule is CCCCCCCCCCCCCCCCC(=O)O[C@H](COC(=O)CCCCCCCCCCCCCCC)COP(=O)(O)OC[C@H](O)COP(=O)(O)OC[C@@H](COC(=O)CCCCCCCCCCCCCC(C)C)OC(=O)CCCCCCCCCCCCCCC(C)C. The van der Waals surface area contributed by atoms with Crippen molar-refractivity contribution in [3.05, 3.63) is 0 Å². The lowest BCUT2D eigenvalue weighted by molar-refractivity contribution is -0.161. The van der Waals surface area contributed by atoms with Gasteiger partial charge < -0.3 is 33.8 Å². The van der Waals surface area contributed by atoms with Crippen LogP contribution >= 0.6 is 15.6 Å². The van der Waals surface area contributed by atoms with E-state index in [1.165, 1.54) is 218 Å². The topological polar surface area (TPSA) is 237 Å². The van der Waals surface area contributed by atoms with Gasteiger partial charge in [-0.05, 0) is 37.5 Å². The third-order valence-electron chi connectivity index (χ3n) is 18.0. The standard InChI is InChI=1S/C77H150O17P2/c1-7-9-11-13-15-17-19-21-23-30-37-43-49-55-61-76(81)93-72(65-87-74(79)59-53-47-41-35-29-22-20-18-16-14-12-10-8-2)67-91-95(83,84)89-63-71(78)64-90-96(85,86)92-68-73(66-88-75(80)60-54-48-42-36-32-26-28-34-40-46-52-58-70(5)6)94-77(82)62-56-50-44-38-31-25-24-27-33-39-45-51-57-69(3)4/h69-73,78H,7-68H2,1-6H3,(H,83,84)(H,85,86)/t71-,72+,73+/m0/s1. The number of aliphatic hydroxyl groups excluding tert-OH is 1. The van der Waals surface area contributed by atoms with E-state index in [2.05, 4.69) is 41.5 Å². The Hall–Kier alpha value is -1.94. The molecule has 0 aromatic rings. The van der Waals surface area contributed by atoms with Gasteiger partial charge >= 0.3 is 39.5 Å². The van der Waals surface area contributed by atoms with Gasteiger partial charge in [0.05, 0.1) is 26.4 Å². The number of carbonyl (C=O) groups is 4. The molecule has 0 radical (unpaired) electrons. The minimum Gasteiger partial charge on any atom is -0.462 e. The average molecular weight is 1410 g/mol. The summed E-state index contributed by atoms with van der Waals surface area (Å²) >= 11 is 0. The van der Waals surface area contributed by atoms with E-state index >= 15 is 0 Å². The number of esters is 4. The first-order chi connectivity index (χ1) is 46.4. The number of carbonyl (C=O) groups excluding carboxylic acids is 4. The number of hydrogen-bond acceptors (Lipinski definition) is 15. The number of phosphoric acid groups is 2. The zero-order valence-corrected chi connectivity index (χ0v) is 64.5. The molecular weight excluding hydrogens is 1260 g/mol. The molecule has 5 atom stereocenters. The Morgan fingerprint density at radius 1 is 0.281 bits per heavy atom. The van der Waals surface area contributed by atoms with Crippen LogP contribution in [0.15, 0.2) is 0 Å². The molecule has 0 rings (SSSR count). The van der Waals surface area contributed by atoms with Crippen LogP contribution in [0.1, 0.15) is 401 Å². The van der Waals surface area contributed by atoms with Crippen molar-refractivity contribution in [2.75, 3.05) is 39.6 Å². The molecule has 2 unspecified atom stereocenters. The van der Waals surface area contributed by atoms with Crippen molar-refractivity contribution in [1.82, 2.24) is 0 Å². The Morgan fingerprint density at radius 2 is 0.479 bits per heavy atom. The molecule has 0 amide bonds. The molecular formula is C77H150O17P2. The zero-order valence-electron chi connectivity index (χ0n) is 62.7. The van der Waals surface area contributed by atoms with Crippen LogP contribution in [0.2, 0.25) is 0 Å². The maximum absolute atomic E-state index is 13.1. The summed E-state index contributed by atoms with van der Waals surface area (Å²) in [4.78, 5) is 72.9. The second-order valence-corrected chi connectivity index (χ2v) is 31.6. The molecule has 0 heterocycles. The Morgan fingerprint density at radius 3 is 0.708 bits per heavy atom. The second kappa shape index (κ2) is 68.8. The first-order valence-corrected chi connectivity index (χ1v) is 43.0. The highest BCUT2D eigenvalue weighted by molar-refractivity contribution is 7.47. The Labute approximate surface area is 588 Å². The summed E-state index contributed by atoms with van der Waals surface area (Å²) in [5.41, 5.74) is 0. The van der Waals surface area contributed by atoms with Crippen LogP contribution in [-0.4, -0.2) is 96.7 Å². The lowest BCUT2D eigenvalue weighted by Gasteiger charge is -2.21. The first-order valence-electron chi connectivity index (χ1n) is 40.0. The Balaban J connectivity index is 5.27. The van der Waals surface area contributed by atoms with Crippen molar-refractivity contribution >= 4 is 39.5 Å². The van der Waals surface area contributed by atoms with Gasteiger partial charge in [-0.3, -0.25) is 37.3 Å². The molecule has 0 spiro atoms. The van der Waals surface area contributed by atoms with Crippen molar-refractivity contribution in [3.63, 3.8) is 0 Å². The van der Waals surface area contributed by atoms with E-state index in [0.717, 1.165) is 102 Å². The number of hydrogen-bond donors (Lipinski definition) is 3. The molecule has 570 valence electrons. The lowest BCUT2D eigenvalue weighted by atomic mass is 10.0. The number of aliphatic hydroxyl groups is 1. The van der Waals surface area contributed by atoms with Crippen LogP contribution in [0.25, 0.3) is 0 Å². The predicted molar refractivity (Wildman–Crippen MR) is 391 cm³/mol. The second-order valence-electron chi connectivity index (χ2n) is 28.7.